The number of fused-ring (bicyclic) bond motifs is 2. The summed E-state index contributed by atoms with van der Waals surface area (Å²) in [6.45, 7) is 2.66. The minimum Gasteiger partial charge on any atom is -0.340 e. The van der Waals surface area contributed by atoms with E-state index in [0.717, 1.165) is 23.9 Å². The fourth-order valence-corrected chi connectivity index (χ4v) is 4.48. The molecule has 0 spiro atoms. The van der Waals surface area contributed by atoms with E-state index in [-0.39, 0.29) is 0 Å². The Kier molecular flexibility index (Phi) is 2.94. The molecule has 3 heteroatoms. The highest BCUT2D eigenvalue weighted by Crippen LogP contribution is 2.31. The number of likely N-dealkylation sites (tertiary alicyclic amines) is 1. The second-order valence-corrected chi connectivity index (χ2v) is 6.41. The van der Waals surface area contributed by atoms with Gasteiger partial charge in [0.05, 0.1) is 32.1 Å². The summed E-state index contributed by atoms with van der Waals surface area (Å²) in [4.78, 5) is 1.69. The van der Waals surface area contributed by atoms with Gasteiger partial charge in [-0.25, -0.2) is 0 Å². The van der Waals surface area contributed by atoms with Gasteiger partial charge in [0.1, 0.15) is 6.04 Å². The van der Waals surface area contributed by atoms with Gasteiger partial charge in [0.25, 0.3) is 0 Å². The molecule has 2 heterocycles. The summed E-state index contributed by atoms with van der Waals surface area (Å²) in [5, 5.41) is 2.71. The van der Waals surface area contributed by atoms with E-state index < -0.39 is 0 Å². The van der Waals surface area contributed by atoms with Crippen LogP contribution in [0, 0.1) is 11.8 Å². The van der Waals surface area contributed by atoms with Crippen molar-refractivity contribution in [3.05, 3.63) is 0 Å². The third kappa shape index (κ3) is 1.79. The van der Waals surface area contributed by atoms with Gasteiger partial charge < -0.3 is 16.0 Å². The first-order chi connectivity index (χ1) is 7.75. The van der Waals surface area contributed by atoms with E-state index in [0.29, 0.717) is 6.04 Å². The molecule has 2 aliphatic heterocycles. The standard InChI is InChI=1S/C13H25N3/c1-16-7-6-12-10(8-16)13(14)9-4-2-3-5-11(9)15-12/h9-13,15H,2-8,14H2,1H3/p+2. The van der Waals surface area contributed by atoms with Crippen molar-refractivity contribution in [2.75, 3.05) is 20.1 Å². The topological polar surface area (TPSA) is 47.1 Å². The first-order valence-electron chi connectivity index (χ1n) is 7.17. The van der Waals surface area contributed by atoms with Gasteiger partial charge in [-0.05, 0) is 19.3 Å². The monoisotopic (exact) mass is 225 g/mol. The van der Waals surface area contributed by atoms with Crippen LogP contribution in [-0.2, 0) is 0 Å². The SMILES string of the molecule is C[NH+]1CCC2[NH2+]C3CCCCC3C(N)C2C1. The Labute approximate surface area is 98.8 Å². The maximum absolute atomic E-state index is 6.57. The summed E-state index contributed by atoms with van der Waals surface area (Å²) < 4.78 is 0. The third-order valence-electron chi connectivity index (χ3n) is 5.40. The Morgan fingerprint density at radius 1 is 1.06 bits per heavy atom. The number of rotatable bonds is 0. The van der Waals surface area contributed by atoms with E-state index in [4.69, 9.17) is 5.73 Å². The molecule has 3 aliphatic rings. The van der Waals surface area contributed by atoms with E-state index in [2.05, 4.69) is 12.4 Å². The molecule has 2 saturated heterocycles. The molecule has 5 N–H and O–H groups in total. The maximum atomic E-state index is 6.57. The molecule has 0 radical (unpaired) electrons. The molecule has 3 rings (SSSR count). The zero-order valence-electron chi connectivity index (χ0n) is 10.5. The molecule has 1 saturated carbocycles. The summed E-state index contributed by atoms with van der Waals surface area (Å²) in [5.41, 5.74) is 6.57. The van der Waals surface area contributed by atoms with Gasteiger partial charge >= 0.3 is 0 Å². The summed E-state index contributed by atoms with van der Waals surface area (Å²) in [6.07, 6.45) is 7.05. The molecular weight excluding hydrogens is 198 g/mol. The molecule has 0 aromatic heterocycles. The molecule has 1 aliphatic carbocycles. The third-order valence-corrected chi connectivity index (χ3v) is 5.40. The molecule has 0 bridgehead atoms. The zero-order valence-corrected chi connectivity index (χ0v) is 10.5. The molecule has 16 heavy (non-hydrogen) atoms. The maximum Gasteiger partial charge on any atom is 0.101 e. The summed E-state index contributed by atoms with van der Waals surface area (Å²) in [5.74, 6) is 1.61. The molecule has 0 aromatic rings. The highest BCUT2D eigenvalue weighted by molar-refractivity contribution is 4.93. The summed E-state index contributed by atoms with van der Waals surface area (Å²) >= 11 is 0. The fourth-order valence-electron chi connectivity index (χ4n) is 4.48. The zero-order chi connectivity index (χ0) is 11.1. The van der Waals surface area contributed by atoms with Crippen molar-refractivity contribution in [3.63, 3.8) is 0 Å². The smallest absolute Gasteiger partial charge is 0.101 e. The molecule has 6 atom stereocenters. The summed E-state index contributed by atoms with van der Waals surface area (Å²) in [7, 11) is 2.33. The van der Waals surface area contributed by atoms with Gasteiger partial charge in [0, 0.05) is 18.4 Å². The number of quaternary nitrogens is 2. The van der Waals surface area contributed by atoms with Crippen LogP contribution in [0.1, 0.15) is 32.1 Å². The highest BCUT2D eigenvalue weighted by atomic mass is 15.1. The Balaban J connectivity index is 1.75. The van der Waals surface area contributed by atoms with E-state index in [1.807, 2.05) is 0 Å². The Hall–Kier alpha value is -0.120. The van der Waals surface area contributed by atoms with Crippen LogP contribution in [0.25, 0.3) is 0 Å². The molecule has 92 valence electrons. The molecule has 3 fully saturated rings. The van der Waals surface area contributed by atoms with Crippen molar-refractivity contribution in [1.82, 2.24) is 0 Å². The quantitative estimate of drug-likeness (QED) is 0.455. The van der Waals surface area contributed by atoms with Gasteiger partial charge in [-0.1, -0.05) is 6.42 Å². The normalized spacial score (nSPS) is 52.9. The highest BCUT2D eigenvalue weighted by Gasteiger charge is 2.49. The predicted octanol–water partition coefficient (Wildman–Crippen LogP) is -1.65. The Morgan fingerprint density at radius 2 is 1.81 bits per heavy atom. The van der Waals surface area contributed by atoms with Gasteiger partial charge in [-0.2, -0.15) is 0 Å². The first kappa shape index (κ1) is 11.0. The van der Waals surface area contributed by atoms with Crippen LogP contribution in [-0.4, -0.2) is 38.3 Å². The van der Waals surface area contributed by atoms with Crippen molar-refractivity contribution in [2.45, 2.75) is 50.2 Å². The lowest BCUT2D eigenvalue weighted by atomic mass is 9.68. The Bertz CT molecular complexity index is 256. The summed E-state index contributed by atoms with van der Waals surface area (Å²) in [6, 6.07) is 2.21. The van der Waals surface area contributed by atoms with Crippen molar-refractivity contribution >= 4 is 0 Å². The number of piperidine rings is 2. The lowest BCUT2D eigenvalue weighted by molar-refractivity contribution is -0.904. The van der Waals surface area contributed by atoms with E-state index in [1.54, 1.807) is 4.90 Å². The van der Waals surface area contributed by atoms with Crippen molar-refractivity contribution in [1.29, 1.82) is 0 Å². The van der Waals surface area contributed by atoms with Gasteiger partial charge in [0.2, 0.25) is 0 Å². The molecular formula is C13H27N3+2. The van der Waals surface area contributed by atoms with Crippen molar-refractivity contribution in [3.8, 4) is 0 Å². The van der Waals surface area contributed by atoms with Crippen LogP contribution < -0.4 is 16.0 Å². The van der Waals surface area contributed by atoms with Gasteiger partial charge in [-0.15, -0.1) is 0 Å². The van der Waals surface area contributed by atoms with E-state index in [9.17, 15) is 0 Å². The van der Waals surface area contributed by atoms with Gasteiger partial charge in [0.15, 0.2) is 0 Å². The van der Waals surface area contributed by atoms with Crippen molar-refractivity contribution in [2.24, 2.45) is 17.6 Å². The van der Waals surface area contributed by atoms with E-state index in [1.165, 1.54) is 45.2 Å². The average Bonchev–Trinajstić information content (AvgIpc) is 2.31. The Morgan fingerprint density at radius 3 is 2.69 bits per heavy atom. The van der Waals surface area contributed by atoms with Crippen LogP contribution in [0.4, 0.5) is 0 Å². The molecule has 0 amide bonds. The second kappa shape index (κ2) is 4.28. The fraction of sp³-hybridized carbons (Fsp3) is 1.00. The minimum atomic E-state index is 0.496. The lowest BCUT2D eigenvalue weighted by Crippen LogP contribution is -3.15. The van der Waals surface area contributed by atoms with Crippen LogP contribution in [0.3, 0.4) is 0 Å². The molecule has 3 nitrogen and oxygen atoms in total. The van der Waals surface area contributed by atoms with Crippen LogP contribution in [0.5, 0.6) is 0 Å². The molecule has 0 aromatic carbocycles. The van der Waals surface area contributed by atoms with E-state index >= 15 is 0 Å². The number of hydrogen-bond donors (Lipinski definition) is 3. The van der Waals surface area contributed by atoms with Crippen LogP contribution in [0.2, 0.25) is 0 Å². The average molecular weight is 225 g/mol. The molecule has 6 unspecified atom stereocenters. The lowest BCUT2D eigenvalue weighted by Gasteiger charge is -2.48. The van der Waals surface area contributed by atoms with Crippen molar-refractivity contribution < 1.29 is 10.2 Å². The predicted molar refractivity (Wildman–Crippen MR) is 64.2 cm³/mol. The largest absolute Gasteiger partial charge is 0.340 e. The van der Waals surface area contributed by atoms with Crippen LogP contribution in [0.15, 0.2) is 0 Å². The van der Waals surface area contributed by atoms with Gasteiger partial charge in [-0.3, -0.25) is 0 Å². The minimum absolute atomic E-state index is 0.496. The number of nitrogens with two attached hydrogens (primary N) is 2. The van der Waals surface area contributed by atoms with Crippen LogP contribution >= 0.6 is 0 Å². The number of hydrogen-bond acceptors (Lipinski definition) is 1. The number of nitrogens with one attached hydrogen (secondary N) is 1. The first-order valence-corrected chi connectivity index (χ1v) is 7.17. The second-order valence-electron chi connectivity index (χ2n) is 6.41.